The molecule has 4 rings (SSSR count). The first-order chi connectivity index (χ1) is 17.0. The smallest absolute Gasteiger partial charge is 0.462 e. The molecule has 0 N–H and O–H groups in total. The third-order valence-corrected chi connectivity index (χ3v) is 6.40. The molecule has 0 spiro atoms. The number of hydrogen-bond donors (Lipinski definition) is 0. The van der Waals surface area contributed by atoms with Gasteiger partial charge >= 0.3 is 18.1 Å². The molecule has 3 heterocycles. The van der Waals surface area contributed by atoms with Crippen LogP contribution in [0.1, 0.15) is 43.1 Å². The number of fused-ring (bicyclic) bond motifs is 1. The molecule has 2 aromatic rings. The van der Waals surface area contributed by atoms with Crippen LogP contribution in [0.2, 0.25) is 0 Å². The van der Waals surface area contributed by atoms with Crippen molar-refractivity contribution in [3.05, 3.63) is 33.9 Å². The molecule has 0 unspecified atom stereocenters. The fourth-order valence-corrected chi connectivity index (χ4v) is 4.44. The minimum absolute atomic E-state index is 0.0514. The van der Waals surface area contributed by atoms with Crippen LogP contribution in [0, 0.1) is 11.7 Å². The second-order valence-corrected chi connectivity index (χ2v) is 8.92. The zero-order chi connectivity index (χ0) is 26.4. The summed E-state index contributed by atoms with van der Waals surface area (Å²) in [5.74, 6) is -5.08. The van der Waals surface area contributed by atoms with Gasteiger partial charge < -0.3 is 19.1 Å². The van der Waals surface area contributed by atoms with Crippen LogP contribution in [0.3, 0.4) is 0 Å². The van der Waals surface area contributed by atoms with Crippen molar-refractivity contribution < 1.29 is 36.3 Å². The first-order valence-electron chi connectivity index (χ1n) is 11.6. The van der Waals surface area contributed by atoms with Gasteiger partial charge in [-0.3, -0.25) is 9.59 Å². The summed E-state index contributed by atoms with van der Waals surface area (Å²) in [7, 11) is 0. The zero-order valence-electron chi connectivity index (χ0n) is 19.6. The molecule has 1 saturated heterocycles. The maximum absolute atomic E-state index is 15.1. The van der Waals surface area contributed by atoms with E-state index in [0.29, 0.717) is 4.90 Å². The summed E-state index contributed by atoms with van der Waals surface area (Å²) in [6, 6.07) is 0.882. The van der Waals surface area contributed by atoms with Crippen LogP contribution < -0.4 is 10.3 Å². The second kappa shape index (κ2) is 9.66. The van der Waals surface area contributed by atoms with E-state index in [1.807, 2.05) is 0 Å². The Balaban J connectivity index is 1.67. The predicted molar refractivity (Wildman–Crippen MR) is 119 cm³/mol. The number of nitrogens with zero attached hydrogens (tertiary/aromatic N) is 4. The summed E-state index contributed by atoms with van der Waals surface area (Å²) in [5, 5.41) is -0.130. The average Bonchev–Trinajstić information content (AvgIpc) is 3.59. The Morgan fingerprint density at radius 1 is 1.22 bits per heavy atom. The summed E-state index contributed by atoms with van der Waals surface area (Å²) in [5.41, 5.74) is -0.872. The van der Waals surface area contributed by atoms with Gasteiger partial charge in [-0.25, -0.2) is 18.6 Å². The Hall–Kier alpha value is -3.25. The normalized spacial score (nSPS) is 20.1. The molecule has 36 heavy (non-hydrogen) atoms. The number of esters is 1. The lowest BCUT2D eigenvalue weighted by Gasteiger charge is -2.26. The van der Waals surface area contributed by atoms with Crippen LogP contribution in [0.4, 0.5) is 27.8 Å². The first kappa shape index (κ1) is 25.8. The molecular weight excluding hydrogens is 491 g/mol. The zero-order valence-corrected chi connectivity index (χ0v) is 19.6. The highest BCUT2D eigenvalue weighted by atomic mass is 19.4. The molecule has 2 atom stereocenters. The number of aromatic nitrogens is 2. The SMILES string of the molecule is CCOC(=O)c1cn(C2CC2)c2nc(N3C[C@H](CN(CC)C(=O)C(F)(F)F)[C@@H](F)C3)c(F)cc2c1=O. The minimum atomic E-state index is -5.08. The van der Waals surface area contributed by atoms with Crippen molar-refractivity contribution in [3.63, 3.8) is 0 Å². The molecule has 0 radical (unpaired) electrons. The Kier molecular flexibility index (Phi) is 6.93. The molecule has 2 aliphatic rings. The molecule has 1 amide bonds. The number of carbonyl (C=O) groups excluding carboxylic acids is 2. The predicted octanol–water partition coefficient (Wildman–Crippen LogP) is 3.23. The fourth-order valence-electron chi connectivity index (χ4n) is 4.44. The Bertz CT molecular complexity index is 1240. The van der Waals surface area contributed by atoms with E-state index >= 15 is 4.39 Å². The van der Waals surface area contributed by atoms with Crippen molar-refractivity contribution >= 4 is 28.7 Å². The first-order valence-corrected chi connectivity index (χ1v) is 11.6. The van der Waals surface area contributed by atoms with Crippen LogP contribution in [-0.4, -0.2) is 71.5 Å². The van der Waals surface area contributed by atoms with Crippen LogP contribution in [0.5, 0.6) is 0 Å². The number of hydrogen-bond acceptors (Lipinski definition) is 6. The summed E-state index contributed by atoms with van der Waals surface area (Å²) >= 11 is 0. The van der Waals surface area contributed by atoms with Gasteiger partial charge in [0.2, 0.25) is 5.43 Å². The maximum Gasteiger partial charge on any atom is 0.471 e. The van der Waals surface area contributed by atoms with Crippen LogP contribution in [-0.2, 0) is 9.53 Å². The fraction of sp³-hybridized carbons (Fsp3) is 0.565. The summed E-state index contributed by atoms with van der Waals surface area (Å²) in [6.45, 7) is 1.73. The van der Waals surface area contributed by atoms with E-state index < -0.39 is 47.9 Å². The van der Waals surface area contributed by atoms with Gasteiger partial charge in [0.05, 0.1) is 18.5 Å². The van der Waals surface area contributed by atoms with E-state index in [0.717, 1.165) is 18.9 Å². The molecule has 8 nitrogen and oxygen atoms in total. The summed E-state index contributed by atoms with van der Waals surface area (Å²) in [4.78, 5) is 42.9. The molecule has 13 heteroatoms. The molecule has 0 bridgehead atoms. The third-order valence-electron chi connectivity index (χ3n) is 6.40. The van der Waals surface area contributed by atoms with E-state index in [9.17, 15) is 31.9 Å². The van der Waals surface area contributed by atoms with Gasteiger partial charge in [0.1, 0.15) is 17.4 Å². The number of halogens is 5. The number of rotatable bonds is 7. The van der Waals surface area contributed by atoms with Gasteiger partial charge in [-0.1, -0.05) is 0 Å². The van der Waals surface area contributed by atoms with Crippen molar-refractivity contribution in [2.75, 3.05) is 37.7 Å². The molecular formula is C23H25F5N4O4. The van der Waals surface area contributed by atoms with Crippen molar-refractivity contribution in [1.82, 2.24) is 14.5 Å². The summed E-state index contributed by atoms with van der Waals surface area (Å²) < 4.78 is 75.0. The van der Waals surface area contributed by atoms with E-state index in [1.54, 1.807) is 11.5 Å². The van der Waals surface area contributed by atoms with Gasteiger partial charge in [-0.05, 0) is 32.8 Å². The van der Waals surface area contributed by atoms with E-state index in [-0.39, 0.29) is 54.7 Å². The third kappa shape index (κ3) is 4.87. The van der Waals surface area contributed by atoms with Crippen molar-refractivity contribution in [3.8, 4) is 0 Å². The maximum atomic E-state index is 15.1. The second-order valence-electron chi connectivity index (χ2n) is 8.92. The minimum Gasteiger partial charge on any atom is -0.462 e. The Morgan fingerprint density at radius 2 is 1.92 bits per heavy atom. The van der Waals surface area contributed by atoms with Gasteiger partial charge in [0.15, 0.2) is 11.6 Å². The molecule has 2 aromatic heterocycles. The van der Waals surface area contributed by atoms with Crippen molar-refractivity contribution in [2.24, 2.45) is 5.92 Å². The molecule has 1 aliphatic heterocycles. The van der Waals surface area contributed by atoms with Gasteiger partial charge in [-0.2, -0.15) is 13.2 Å². The number of alkyl halides is 4. The number of carbonyl (C=O) groups is 2. The number of amides is 1. The van der Waals surface area contributed by atoms with Gasteiger partial charge in [-0.15, -0.1) is 0 Å². The van der Waals surface area contributed by atoms with Crippen molar-refractivity contribution in [1.29, 1.82) is 0 Å². The highest BCUT2D eigenvalue weighted by Crippen LogP contribution is 2.38. The van der Waals surface area contributed by atoms with Crippen LogP contribution in [0.25, 0.3) is 11.0 Å². The highest BCUT2D eigenvalue weighted by Gasteiger charge is 2.44. The Morgan fingerprint density at radius 3 is 2.50 bits per heavy atom. The molecule has 2 fully saturated rings. The number of ether oxygens (including phenoxy) is 1. The standard InChI is InChI=1S/C23H25F5N4O4/c1-3-30(22(35)23(26,27)28)8-12-9-31(11-17(12)25)20-16(24)7-14-18(33)15(21(34)36-4-2)10-32(13-5-6-13)19(14)29-20/h7,10,12-13,17H,3-6,8-9,11H2,1-2H3/t12-,17-/m0/s1. The topological polar surface area (TPSA) is 84.7 Å². The number of anilines is 1. The summed E-state index contributed by atoms with van der Waals surface area (Å²) in [6.07, 6.45) is -3.86. The van der Waals surface area contributed by atoms with Crippen molar-refractivity contribution in [2.45, 2.75) is 45.1 Å². The average molecular weight is 516 g/mol. The van der Waals surface area contributed by atoms with Crippen LogP contribution in [0.15, 0.2) is 17.1 Å². The molecule has 196 valence electrons. The number of pyridine rings is 2. The van der Waals surface area contributed by atoms with Crippen LogP contribution >= 0.6 is 0 Å². The lowest BCUT2D eigenvalue weighted by Crippen LogP contribution is -2.44. The molecule has 1 aliphatic carbocycles. The molecule has 1 saturated carbocycles. The monoisotopic (exact) mass is 516 g/mol. The lowest BCUT2D eigenvalue weighted by molar-refractivity contribution is -0.186. The van der Waals surface area contributed by atoms with Gasteiger partial charge in [0.25, 0.3) is 0 Å². The van der Waals surface area contributed by atoms with E-state index in [2.05, 4.69) is 4.98 Å². The lowest BCUT2D eigenvalue weighted by atomic mass is 10.1. The quantitative estimate of drug-likeness (QED) is 0.415. The highest BCUT2D eigenvalue weighted by molar-refractivity contribution is 5.93. The van der Waals surface area contributed by atoms with Gasteiger partial charge in [0, 0.05) is 37.8 Å². The van der Waals surface area contributed by atoms with E-state index in [1.165, 1.54) is 18.0 Å². The Labute approximate surface area is 202 Å². The molecule has 0 aromatic carbocycles. The largest absolute Gasteiger partial charge is 0.471 e. The van der Waals surface area contributed by atoms with E-state index in [4.69, 9.17) is 4.74 Å².